The number of aromatic nitrogens is 2. The molecule has 0 unspecified atom stereocenters. The van der Waals surface area contributed by atoms with Gasteiger partial charge in [0.15, 0.2) is 0 Å². The summed E-state index contributed by atoms with van der Waals surface area (Å²) < 4.78 is 20.3. The standard InChI is InChI=1S/C28H36FN3O2/c1-19-17-30-28(31-18-19)32-10-7-21(8-11-32)26-15-22(26)9-12-34-25-6-5-23(27(29)16-25)14-24(33)13-20-3-2-4-20/h5-6,16-18,20-22,26H,2-4,7-15H2,1H3/t22-,26-/m1/s1. The zero-order valence-corrected chi connectivity index (χ0v) is 20.2. The van der Waals surface area contributed by atoms with Gasteiger partial charge >= 0.3 is 0 Å². The largest absolute Gasteiger partial charge is 0.493 e. The second-order valence-corrected chi connectivity index (χ2v) is 10.7. The van der Waals surface area contributed by atoms with E-state index < -0.39 is 0 Å². The van der Waals surface area contributed by atoms with Gasteiger partial charge in [-0.2, -0.15) is 0 Å². The van der Waals surface area contributed by atoms with Crippen LogP contribution in [0.1, 0.15) is 62.5 Å². The summed E-state index contributed by atoms with van der Waals surface area (Å²) in [6.07, 6.45) is 12.8. The Bertz CT molecular complexity index is 984. The number of carbonyl (C=O) groups excluding carboxylic acids is 1. The second-order valence-electron chi connectivity index (χ2n) is 10.7. The fraction of sp³-hybridized carbons (Fsp3) is 0.607. The Morgan fingerprint density at radius 3 is 2.59 bits per heavy atom. The molecule has 2 atom stereocenters. The van der Waals surface area contributed by atoms with Crippen LogP contribution < -0.4 is 9.64 Å². The SMILES string of the molecule is Cc1cnc(N2CCC([C@H]3C[C@H]3CCOc3ccc(CC(=O)CC4CCC4)c(F)c3)CC2)nc1. The highest BCUT2D eigenvalue weighted by molar-refractivity contribution is 5.81. The second kappa shape index (κ2) is 10.4. The van der Waals surface area contributed by atoms with E-state index in [1.807, 2.05) is 25.4 Å². The molecule has 3 aliphatic rings. The van der Waals surface area contributed by atoms with Crippen molar-refractivity contribution >= 4 is 11.7 Å². The minimum atomic E-state index is -0.326. The van der Waals surface area contributed by atoms with Gasteiger partial charge in [0, 0.05) is 44.4 Å². The van der Waals surface area contributed by atoms with Gasteiger partial charge in [0.1, 0.15) is 17.3 Å². The van der Waals surface area contributed by atoms with Crippen LogP contribution in [-0.2, 0) is 11.2 Å². The molecule has 34 heavy (non-hydrogen) atoms. The third kappa shape index (κ3) is 5.76. The molecule has 6 heteroatoms. The lowest BCUT2D eigenvalue weighted by molar-refractivity contribution is -0.119. The van der Waals surface area contributed by atoms with Crippen molar-refractivity contribution in [2.75, 3.05) is 24.6 Å². The quantitative estimate of drug-likeness (QED) is 0.461. The van der Waals surface area contributed by atoms with Crippen LogP contribution in [0.15, 0.2) is 30.6 Å². The summed E-state index contributed by atoms with van der Waals surface area (Å²) in [7, 11) is 0. The zero-order valence-electron chi connectivity index (χ0n) is 20.2. The van der Waals surface area contributed by atoms with E-state index in [-0.39, 0.29) is 18.0 Å². The first-order valence-electron chi connectivity index (χ1n) is 13.0. The van der Waals surface area contributed by atoms with Crippen molar-refractivity contribution in [2.24, 2.45) is 23.7 Å². The van der Waals surface area contributed by atoms with E-state index in [0.29, 0.717) is 30.3 Å². The maximum atomic E-state index is 14.5. The van der Waals surface area contributed by atoms with Gasteiger partial charge < -0.3 is 9.64 Å². The number of Topliss-reactive ketones (excluding diaryl/α,β-unsaturated/α-hetero) is 1. The smallest absolute Gasteiger partial charge is 0.225 e. The van der Waals surface area contributed by atoms with Gasteiger partial charge in [-0.05, 0) is 73.5 Å². The average molecular weight is 466 g/mol. The molecule has 1 aliphatic heterocycles. The number of piperidine rings is 1. The van der Waals surface area contributed by atoms with Crippen LogP contribution in [0.2, 0.25) is 0 Å². The Labute approximate surface area is 202 Å². The number of hydrogen-bond acceptors (Lipinski definition) is 5. The predicted molar refractivity (Wildman–Crippen MR) is 130 cm³/mol. The Morgan fingerprint density at radius 2 is 1.91 bits per heavy atom. The number of ketones is 1. The molecule has 0 N–H and O–H groups in total. The molecule has 2 aromatic rings. The molecule has 0 amide bonds. The van der Waals surface area contributed by atoms with Gasteiger partial charge in [-0.15, -0.1) is 0 Å². The summed E-state index contributed by atoms with van der Waals surface area (Å²) in [5.41, 5.74) is 1.58. The number of carbonyl (C=O) groups is 1. The first-order valence-corrected chi connectivity index (χ1v) is 13.0. The fourth-order valence-electron chi connectivity index (χ4n) is 5.65. The maximum Gasteiger partial charge on any atom is 0.225 e. The number of halogens is 1. The number of ether oxygens (including phenoxy) is 1. The summed E-state index contributed by atoms with van der Waals surface area (Å²) >= 11 is 0. The first-order chi connectivity index (χ1) is 16.5. The molecule has 2 saturated carbocycles. The topological polar surface area (TPSA) is 55.3 Å². The average Bonchev–Trinajstić information content (AvgIpc) is 3.58. The Morgan fingerprint density at radius 1 is 1.15 bits per heavy atom. The molecule has 2 aliphatic carbocycles. The van der Waals surface area contributed by atoms with E-state index in [4.69, 9.17) is 4.74 Å². The summed E-state index contributed by atoms with van der Waals surface area (Å²) in [6.45, 7) is 4.69. The predicted octanol–water partition coefficient (Wildman–Crippen LogP) is 5.55. The number of benzene rings is 1. The molecule has 5 nitrogen and oxygen atoms in total. The van der Waals surface area contributed by atoms with E-state index >= 15 is 0 Å². The highest BCUT2D eigenvalue weighted by Crippen LogP contribution is 2.49. The van der Waals surface area contributed by atoms with Gasteiger partial charge in [-0.3, -0.25) is 4.79 Å². The zero-order chi connectivity index (χ0) is 23.5. The van der Waals surface area contributed by atoms with Crippen molar-refractivity contribution in [3.8, 4) is 5.75 Å². The number of hydrogen-bond donors (Lipinski definition) is 0. The molecule has 1 aromatic heterocycles. The number of aryl methyl sites for hydroxylation is 1. The van der Waals surface area contributed by atoms with Crippen molar-refractivity contribution in [1.29, 1.82) is 0 Å². The van der Waals surface area contributed by atoms with Gasteiger partial charge in [0.2, 0.25) is 5.95 Å². The lowest BCUT2D eigenvalue weighted by atomic mass is 9.81. The number of rotatable bonds is 10. The monoisotopic (exact) mass is 465 g/mol. The van der Waals surface area contributed by atoms with E-state index in [1.54, 1.807) is 6.07 Å². The van der Waals surface area contributed by atoms with Crippen molar-refractivity contribution in [1.82, 2.24) is 9.97 Å². The molecule has 182 valence electrons. The van der Waals surface area contributed by atoms with E-state index in [1.165, 1.54) is 31.7 Å². The Balaban J connectivity index is 1.01. The van der Waals surface area contributed by atoms with Gasteiger partial charge in [0.25, 0.3) is 0 Å². The van der Waals surface area contributed by atoms with Gasteiger partial charge in [0.05, 0.1) is 6.61 Å². The molecular formula is C28H36FN3O2. The molecule has 1 saturated heterocycles. The lowest BCUT2D eigenvalue weighted by Gasteiger charge is -2.32. The first kappa shape index (κ1) is 23.3. The van der Waals surface area contributed by atoms with E-state index in [2.05, 4.69) is 14.9 Å². The van der Waals surface area contributed by atoms with Crippen molar-refractivity contribution in [3.05, 3.63) is 47.5 Å². The van der Waals surface area contributed by atoms with Crippen LogP contribution in [0, 0.1) is 36.4 Å². The van der Waals surface area contributed by atoms with Crippen LogP contribution in [0.4, 0.5) is 10.3 Å². The van der Waals surface area contributed by atoms with Crippen molar-refractivity contribution in [2.45, 2.75) is 64.7 Å². The molecule has 0 radical (unpaired) electrons. The summed E-state index contributed by atoms with van der Waals surface area (Å²) in [5.74, 6) is 4.07. The fourth-order valence-corrected chi connectivity index (χ4v) is 5.65. The van der Waals surface area contributed by atoms with Crippen LogP contribution in [0.3, 0.4) is 0 Å². The molecule has 5 rings (SSSR count). The van der Waals surface area contributed by atoms with Crippen LogP contribution in [0.25, 0.3) is 0 Å². The number of anilines is 1. The maximum absolute atomic E-state index is 14.5. The lowest BCUT2D eigenvalue weighted by Crippen LogP contribution is -2.35. The van der Waals surface area contributed by atoms with Crippen LogP contribution in [-0.4, -0.2) is 35.4 Å². The molecule has 3 fully saturated rings. The highest BCUT2D eigenvalue weighted by Gasteiger charge is 2.43. The van der Waals surface area contributed by atoms with Crippen molar-refractivity contribution in [3.63, 3.8) is 0 Å². The van der Waals surface area contributed by atoms with E-state index in [0.717, 1.165) is 61.6 Å². The molecule has 0 bridgehead atoms. The Hall–Kier alpha value is -2.50. The van der Waals surface area contributed by atoms with Gasteiger partial charge in [-0.1, -0.05) is 25.3 Å². The molecule has 1 aromatic carbocycles. The van der Waals surface area contributed by atoms with Crippen LogP contribution in [0.5, 0.6) is 5.75 Å². The minimum Gasteiger partial charge on any atom is -0.493 e. The molecule has 2 heterocycles. The Kier molecular flexibility index (Phi) is 7.12. The molecule has 0 spiro atoms. The third-order valence-electron chi connectivity index (χ3n) is 8.08. The van der Waals surface area contributed by atoms with Crippen molar-refractivity contribution < 1.29 is 13.9 Å². The highest BCUT2D eigenvalue weighted by atomic mass is 19.1. The molecular weight excluding hydrogens is 429 g/mol. The van der Waals surface area contributed by atoms with Crippen LogP contribution >= 0.6 is 0 Å². The summed E-state index contributed by atoms with van der Waals surface area (Å²) in [6, 6.07) is 4.97. The number of nitrogens with zero attached hydrogens (tertiary/aromatic N) is 3. The normalized spacial score (nSPS) is 22.9. The van der Waals surface area contributed by atoms with Gasteiger partial charge in [-0.25, -0.2) is 14.4 Å². The van der Waals surface area contributed by atoms with E-state index in [9.17, 15) is 9.18 Å². The minimum absolute atomic E-state index is 0.147. The summed E-state index contributed by atoms with van der Waals surface area (Å²) in [4.78, 5) is 23.4. The third-order valence-corrected chi connectivity index (χ3v) is 8.08. The summed E-state index contributed by atoms with van der Waals surface area (Å²) in [5, 5.41) is 0.